The highest BCUT2D eigenvalue weighted by Gasteiger charge is 2.27. The second kappa shape index (κ2) is 5.18. The van der Waals surface area contributed by atoms with Crippen molar-refractivity contribution in [3.05, 3.63) is 35.3 Å². The molecule has 0 spiro atoms. The van der Waals surface area contributed by atoms with Gasteiger partial charge in [0.05, 0.1) is 20.8 Å². The third-order valence-corrected chi connectivity index (χ3v) is 2.98. The van der Waals surface area contributed by atoms with Crippen molar-refractivity contribution < 1.29 is 19.1 Å². The van der Waals surface area contributed by atoms with Crippen molar-refractivity contribution in [2.45, 2.75) is 6.54 Å². The first-order chi connectivity index (χ1) is 9.06. The van der Waals surface area contributed by atoms with Crippen LogP contribution in [-0.2, 0) is 16.1 Å². The van der Waals surface area contributed by atoms with Gasteiger partial charge in [-0.2, -0.15) is 0 Å². The van der Waals surface area contributed by atoms with Crippen LogP contribution in [-0.4, -0.2) is 38.8 Å². The van der Waals surface area contributed by atoms with Crippen molar-refractivity contribution in [3.8, 4) is 11.5 Å². The lowest BCUT2D eigenvalue weighted by Gasteiger charge is -2.16. The summed E-state index contributed by atoms with van der Waals surface area (Å²) in [5, 5.41) is 0. The Morgan fingerprint density at radius 3 is 2.37 bits per heavy atom. The third kappa shape index (κ3) is 2.47. The number of imide groups is 1. The molecule has 0 saturated heterocycles. The summed E-state index contributed by atoms with van der Waals surface area (Å²) >= 11 is 0. The standard InChI is InChI=1S/C13H14BNO4/c1-18-10-4-3-8(5-11(10)19-2)7-15-12(16)6-9(14)13(15)17/h3-6H,7,14H2,1-2H3. The van der Waals surface area contributed by atoms with Crippen molar-refractivity contribution in [2.75, 3.05) is 14.2 Å². The van der Waals surface area contributed by atoms with Crippen molar-refractivity contribution in [3.63, 3.8) is 0 Å². The van der Waals surface area contributed by atoms with Gasteiger partial charge in [0.1, 0.15) is 7.85 Å². The fraction of sp³-hybridized carbons (Fsp3) is 0.231. The van der Waals surface area contributed by atoms with Gasteiger partial charge in [0.15, 0.2) is 11.5 Å². The molecule has 0 N–H and O–H groups in total. The van der Waals surface area contributed by atoms with E-state index >= 15 is 0 Å². The Kier molecular flexibility index (Phi) is 3.60. The monoisotopic (exact) mass is 259 g/mol. The Morgan fingerprint density at radius 1 is 1.16 bits per heavy atom. The summed E-state index contributed by atoms with van der Waals surface area (Å²) in [6, 6.07) is 5.31. The number of hydrogen-bond acceptors (Lipinski definition) is 4. The van der Waals surface area contributed by atoms with Gasteiger partial charge < -0.3 is 9.47 Å². The number of carbonyl (C=O) groups excluding carboxylic acids is 2. The van der Waals surface area contributed by atoms with E-state index in [9.17, 15) is 9.59 Å². The first-order valence-corrected chi connectivity index (χ1v) is 5.82. The van der Waals surface area contributed by atoms with Crippen LogP contribution in [0.1, 0.15) is 5.56 Å². The zero-order valence-electron chi connectivity index (χ0n) is 11.1. The van der Waals surface area contributed by atoms with Gasteiger partial charge in [0.25, 0.3) is 5.91 Å². The maximum absolute atomic E-state index is 11.8. The van der Waals surface area contributed by atoms with Gasteiger partial charge in [0, 0.05) is 6.08 Å². The number of amides is 2. The quantitative estimate of drug-likeness (QED) is 0.568. The maximum Gasteiger partial charge on any atom is 0.253 e. The van der Waals surface area contributed by atoms with Gasteiger partial charge in [-0.15, -0.1) is 0 Å². The van der Waals surface area contributed by atoms with E-state index in [0.29, 0.717) is 17.0 Å². The minimum atomic E-state index is -0.280. The van der Waals surface area contributed by atoms with Crippen LogP contribution in [0.3, 0.4) is 0 Å². The summed E-state index contributed by atoms with van der Waals surface area (Å²) in [7, 11) is 4.73. The molecule has 0 saturated carbocycles. The smallest absolute Gasteiger partial charge is 0.253 e. The van der Waals surface area contributed by atoms with E-state index in [-0.39, 0.29) is 18.4 Å². The fourth-order valence-corrected chi connectivity index (χ4v) is 1.95. The highest BCUT2D eigenvalue weighted by atomic mass is 16.5. The van der Waals surface area contributed by atoms with E-state index in [2.05, 4.69) is 0 Å². The van der Waals surface area contributed by atoms with Crippen LogP contribution < -0.4 is 9.47 Å². The van der Waals surface area contributed by atoms with Crippen LogP contribution in [0.2, 0.25) is 0 Å². The van der Waals surface area contributed by atoms with Gasteiger partial charge >= 0.3 is 0 Å². The molecule has 0 unspecified atom stereocenters. The van der Waals surface area contributed by atoms with E-state index < -0.39 is 0 Å². The molecule has 0 bridgehead atoms. The van der Waals surface area contributed by atoms with Crippen LogP contribution in [0.4, 0.5) is 0 Å². The van der Waals surface area contributed by atoms with Crippen LogP contribution >= 0.6 is 0 Å². The van der Waals surface area contributed by atoms with Crippen molar-refractivity contribution in [1.82, 2.24) is 4.90 Å². The number of nitrogens with zero attached hydrogens (tertiary/aromatic N) is 1. The second-order valence-electron chi connectivity index (χ2n) is 4.25. The van der Waals surface area contributed by atoms with E-state index in [4.69, 9.17) is 9.47 Å². The van der Waals surface area contributed by atoms with Crippen molar-refractivity contribution in [1.29, 1.82) is 0 Å². The van der Waals surface area contributed by atoms with Gasteiger partial charge in [-0.3, -0.25) is 14.5 Å². The molecule has 98 valence electrons. The molecule has 0 aromatic heterocycles. The SMILES string of the molecule is BC1=CC(=O)N(Cc2ccc(OC)c(OC)c2)C1=O. The molecule has 2 rings (SSSR count). The molecular formula is C13H14BNO4. The number of ether oxygens (including phenoxy) is 2. The number of methoxy groups -OCH3 is 2. The average molecular weight is 259 g/mol. The Balaban J connectivity index is 2.21. The van der Waals surface area contributed by atoms with Crippen LogP contribution in [0.15, 0.2) is 29.7 Å². The Bertz CT molecular complexity index is 568. The molecule has 1 aliphatic rings. The number of hydrogen-bond donors (Lipinski definition) is 0. The van der Waals surface area contributed by atoms with E-state index in [1.54, 1.807) is 40.3 Å². The van der Waals surface area contributed by atoms with Gasteiger partial charge in [-0.25, -0.2) is 0 Å². The predicted octanol–water partition coefficient (Wildman–Crippen LogP) is 0.0896. The van der Waals surface area contributed by atoms with Gasteiger partial charge in [0.2, 0.25) is 5.91 Å². The van der Waals surface area contributed by atoms with Crippen molar-refractivity contribution >= 4 is 19.7 Å². The van der Waals surface area contributed by atoms with E-state index in [0.717, 1.165) is 5.56 Å². The molecule has 19 heavy (non-hydrogen) atoms. The molecule has 2 amide bonds. The molecule has 0 fully saturated rings. The molecular weight excluding hydrogens is 245 g/mol. The lowest BCUT2D eigenvalue weighted by atomic mass is 9.96. The zero-order chi connectivity index (χ0) is 14.0. The molecule has 1 heterocycles. The Morgan fingerprint density at radius 2 is 1.84 bits per heavy atom. The molecule has 5 nitrogen and oxygen atoms in total. The summed E-state index contributed by atoms with van der Waals surface area (Å²) in [6.07, 6.45) is 1.35. The van der Waals surface area contributed by atoms with E-state index in [1.807, 2.05) is 0 Å². The largest absolute Gasteiger partial charge is 0.493 e. The van der Waals surface area contributed by atoms with Crippen LogP contribution in [0.5, 0.6) is 11.5 Å². The number of carbonyl (C=O) groups is 2. The fourth-order valence-electron chi connectivity index (χ4n) is 1.95. The highest BCUT2D eigenvalue weighted by Crippen LogP contribution is 2.28. The second-order valence-corrected chi connectivity index (χ2v) is 4.25. The summed E-state index contributed by atoms with van der Waals surface area (Å²) in [5.74, 6) is 0.653. The van der Waals surface area contributed by atoms with Crippen LogP contribution in [0.25, 0.3) is 0 Å². The summed E-state index contributed by atoms with van der Waals surface area (Å²) in [5.41, 5.74) is 1.27. The third-order valence-electron chi connectivity index (χ3n) is 2.98. The van der Waals surface area contributed by atoms with Gasteiger partial charge in [-0.05, 0) is 23.2 Å². The lowest BCUT2D eigenvalue weighted by molar-refractivity contribution is -0.137. The van der Waals surface area contributed by atoms with Crippen LogP contribution in [0, 0.1) is 0 Å². The first-order valence-electron chi connectivity index (χ1n) is 5.82. The highest BCUT2D eigenvalue weighted by molar-refractivity contribution is 6.42. The Hall–Kier alpha value is -2.24. The molecule has 1 aliphatic heterocycles. The minimum Gasteiger partial charge on any atom is -0.493 e. The molecule has 1 aromatic rings. The topological polar surface area (TPSA) is 55.8 Å². The van der Waals surface area contributed by atoms with Gasteiger partial charge in [-0.1, -0.05) is 6.07 Å². The maximum atomic E-state index is 11.8. The minimum absolute atomic E-state index is 0.228. The number of rotatable bonds is 4. The first kappa shape index (κ1) is 13.2. The Labute approximate surface area is 112 Å². The lowest BCUT2D eigenvalue weighted by Crippen LogP contribution is -2.30. The normalized spacial score (nSPS) is 14.6. The molecule has 0 atom stereocenters. The molecule has 1 aromatic carbocycles. The molecule has 0 radical (unpaired) electrons. The molecule has 0 aliphatic carbocycles. The summed E-state index contributed by atoms with van der Waals surface area (Å²) in [6.45, 7) is 0.228. The number of benzene rings is 1. The van der Waals surface area contributed by atoms with E-state index in [1.165, 1.54) is 11.0 Å². The summed E-state index contributed by atoms with van der Waals surface area (Å²) in [4.78, 5) is 24.6. The zero-order valence-corrected chi connectivity index (χ0v) is 11.1. The summed E-state index contributed by atoms with van der Waals surface area (Å²) < 4.78 is 10.3. The van der Waals surface area contributed by atoms with Crippen molar-refractivity contribution in [2.24, 2.45) is 0 Å². The average Bonchev–Trinajstić information content (AvgIpc) is 2.65. The predicted molar refractivity (Wildman–Crippen MR) is 71.7 cm³/mol. The molecule has 6 heteroatoms.